The van der Waals surface area contributed by atoms with Crippen molar-refractivity contribution in [1.29, 1.82) is 0 Å². The average molecular weight is 488 g/mol. The van der Waals surface area contributed by atoms with Crippen molar-refractivity contribution in [2.24, 2.45) is 0 Å². The number of para-hydroxylation sites is 1. The Hall–Kier alpha value is -4.87. The van der Waals surface area contributed by atoms with Crippen LogP contribution in [0.1, 0.15) is 0 Å². The molecule has 0 radical (unpaired) electrons. The van der Waals surface area contributed by atoms with E-state index in [1.807, 2.05) is 0 Å². The van der Waals surface area contributed by atoms with E-state index in [-0.39, 0.29) is 28.6 Å². The lowest BCUT2D eigenvalue weighted by Gasteiger charge is -2.29. The van der Waals surface area contributed by atoms with Crippen LogP contribution in [0, 0.1) is 5.82 Å². The van der Waals surface area contributed by atoms with Gasteiger partial charge in [0.1, 0.15) is 17.8 Å². The van der Waals surface area contributed by atoms with Gasteiger partial charge in [0.25, 0.3) is 5.56 Å². The molecule has 5 N–H and O–H groups in total. The first kappa shape index (κ1) is 21.6. The molecule has 0 amide bonds. The van der Waals surface area contributed by atoms with Gasteiger partial charge in [0.2, 0.25) is 5.95 Å². The standard InChI is InChI=1S/C24H21FN8O3/c1-32(10-13-11-35-18-8-12(26)6-7-17(18)36-13)24-28-9-14-20-19(21(27)31-30-20)23(34)33(22(14)29-24)16-5-3-2-4-15(16)25/h2-9,13H,10-11,26H2,1H3,(H3,27,30,31). The zero-order chi connectivity index (χ0) is 25.0. The maximum atomic E-state index is 14.8. The maximum Gasteiger partial charge on any atom is 0.270 e. The predicted molar refractivity (Wildman–Crippen MR) is 133 cm³/mol. The minimum Gasteiger partial charge on any atom is -0.486 e. The van der Waals surface area contributed by atoms with Gasteiger partial charge in [-0.2, -0.15) is 10.1 Å². The van der Waals surface area contributed by atoms with E-state index in [2.05, 4.69) is 20.2 Å². The van der Waals surface area contributed by atoms with E-state index >= 15 is 0 Å². The molecule has 182 valence electrons. The average Bonchev–Trinajstić information content (AvgIpc) is 3.27. The van der Waals surface area contributed by atoms with Gasteiger partial charge in [0.05, 0.1) is 23.1 Å². The third kappa shape index (κ3) is 3.42. The van der Waals surface area contributed by atoms with Crippen LogP contribution in [0.4, 0.5) is 21.8 Å². The third-order valence-electron chi connectivity index (χ3n) is 6.05. The molecule has 0 saturated heterocycles. The van der Waals surface area contributed by atoms with Gasteiger partial charge in [-0.05, 0) is 24.3 Å². The van der Waals surface area contributed by atoms with Crippen molar-refractivity contribution >= 4 is 39.4 Å². The quantitative estimate of drug-likeness (QED) is 0.324. The van der Waals surface area contributed by atoms with Crippen LogP contribution in [0.25, 0.3) is 27.6 Å². The van der Waals surface area contributed by atoms with Gasteiger partial charge in [0.15, 0.2) is 29.1 Å². The molecular weight excluding hydrogens is 467 g/mol. The number of likely N-dealkylation sites (N-methyl/N-ethyl adjacent to an activating group) is 1. The van der Waals surface area contributed by atoms with Crippen LogP contribution in [-0.2, 0) is 0 Å². The lowest BCUT2D eigenvalue weighted by molar-refractivity contribution is 0.0959. The van der Waals surface area contributed by atoms with E-state index in [0.29, 0.717) is 47.2 Å². The molecule has 0 fully saturated rings. The number of hydrogen-bond acceptors (Lipinski definition) is 9. The zero-order valence-electron chi connectivity index (χ0n) is 19.1. The highest BCUT2D eigenvalue weighted by Gasteiger charge is 2.25. The number of benzene rings is 2. The van der Waals surface area contributed by atoms with E-state index in [4.69, 9.17) is 20.9 Å². The number of fused-ring (bicyclic) bond motifs is 4. The predicted octanol–water partition coefficient (Wildman–Crippen LogP) is 2.24. The highest BCUT2D eigenvalue weighted by molar-refractivity contribution is 6.05. The summed E-state index contributed by atoms with van der Waals surface area (Å²) < 4.78 is 27.9. The SMILES string of the molecule is CN(CC1COc2cc(N)ccc2O1)c1ncc2c3[nH]nc(N)c3c(=O)n(-c3ccccc3F)c2n1. The monoisotopic (exact) mass is 488 g/mol. The summed E-state index contributed by atoms with van der Waals surface area (Å²) in [5.41, 5.74) is 12.4. The molecule has 36 heavy (non-hydrogen) atoms. The minimum absolute atomic E-state index is 0.0136. The Bertz CT molecular complexity index is 1700. The van der Waals surface area contributed by atoms with Crippen LogP contribution < -0.4 is 31.4 Å². The van der Waals surface area contributed by atoms with Gasteiger partial charge < -0.3 is 25.8 Å². The van der Waals surface area contributed by atoms with Gasteiger partial charge in [-0.3, -0.25) is 14.5 Å². The molecule has 0 aliphatic carbocycles. The number of nitrogen functional groups attached to an aromatic ring is 2. The highest BCUT2D eigenvalue weighted by atomic mass is 19.1. The number of aromatic amines is 1. The number of H-pyrrole nitrogens is 1. The lowest BCUT2D eigenvalue weighted by atomic mass is 10.2. The van der Waals surface area contributed by atoms with Crippen molar-refractivity contribution in [3.63, 3.8) is 0 Å². The largest absolute Gasteiger partial charge is 0.486 e. The molecule has 0 saturated carbocycles. The number of nitrogens with two attached hydrogens (primary N) is 2. The number of halogens is 1. The Kier molecular flexibility index (Phi) is 4.88. The summed E-state index contributed by atoms with van der Waals surface area (Å²) >= 11 is 0. The van der Waals surface area contributed by atoms with Crippen LogP contribution in [-0.4, -0.2) is 51.0 Å². The Balaban J connectivity index is 1.42. The van der Waals surface area contributed by atoms with Crippen molar-refractivity contribution in [2.75, 3.05) is 36.6 Å². The van der Waals surface area contributed by atoms with E-state index in [1.165, 1.54) is 16.7 Å². The van der Waals surface area contributed by atoms with Gasteiger partial charge in [-0.1, -0.05) is 12.1 Å². The fourth-order valence-corrected chi connectivity index (χ4v) is 4.33. The number of nitrogens with one attached hydrogen (secondary N) is 1. The molecular formula is C24H21FN8O3. The molecule has 6 rings (SSSR count). The Morgan fingerprint density at radius 2 is 2.06 bits per heavy atom. The second-order valence-electron chi connectivity index (χ2n) is 8.50. The van der Waals surface area contributed by atoms with Crippen LogP contribution in [0.5, 0.6) is 11.5 Å². The van der Waals surface area contributed by atoms with E-state index in [9.17, 15) is 9.18 Å². The van der Waals surface area contributed by atoms with Crippen molar-refractivity contribution in [3.05, 3.63) is 64.8 Å². The number of aromatic nitrogens is 5. The Morgan fingerprint density at radius 3 is 2.89 bits per heavy atom. The minimum atomic E-state index is -0.581. The van der Waals surface area contributed by atoms with Crippen LogP contribution >= 0.6 is 0 Å². The molecule has 12 heteroatoms. The molecule has 1 atom stereocenters. The molecule has 4 heterocycles. The summed E-state index contributed by atoms with van der Waals surface area (Å²) in [5, 5.41) is 7.35. The molecule has 0 spiro atoms. The summed E-state index contributed by atoms with van der Waals surface area (Å²) in [6.07, 6.45) is 1.25. The first-order valence-electron chi connectivity index (χ1n) is 11.1. The van der Waals surface area contributed by atoms with Gasteiger partial charge in [-0.15, -0.1) is 0 Å². The Morgan fingerprint density at radius 1 is 1.22 bits per heavy atom. The maximum absolute atomic E-state index is 14.8. The van der Waals surface area contributed by atoms with Crippen molar-refractivity contribution in [1.82, 2.24) is 24.7 Å². The van der Waals surface area contributed by atoms with E-state index < -0.39 is 11.4 Å². The molecule has 5 aromatic rings. The summed E-state index contributed by atoms with van der Waals surface area (Å²) in [6.45, 7) is 0.695. The number of anilines is 3. The van der Waals surface area contributed by atoms with Crippen molar-refractivity contribution < 1.29 is 13.9 Å². The van der Waals surface area contributed by atoms with Gasteiger partial charge in [-0.25, -0.2) is 9.37 Å². The number of rotatable bonds is 4. The third-order valence-corrected chi connectivity index (χ3v) is 6.05. The second-order valence-corrected chi connectivity index (χ2v) is 8.50. The van der Waals surface area contributed by atoms with Gasteiger partial charge >= 0.3 is 0 Å². The first-order valence-corrected chi connectivity index (χ1v) is 11.1. The zero-order valence-corrected chi connectivity index (χ0v) is 19.1. The van der Waals surface area contributed by atoms with Crippen molar-refractivity contribution in [3.8, 4) is 17.2 Å². The molecule has 1 unspecified atom stereocenters. The van der Waals surface area contributed by atoms with Crippen LogP contribution in [0.3, 0.4) is 0 Å². The van der Waals surface area contributed by atoms with Crippen molar-refractivity contribution in [2.45, 2.75) is 6.10 Å². The molecule has 0 bridgehead atoms. The second kappa shape index (κ2) is 8.12. The lowest BCUT2D eigenvalue weighted by Crippen LogP contribution is -2.40. The number of hydrogen-bond donors (Lipinski definition) is 3. The topological polar surface area (TPSA) is 150 Å². The van der Waals surface area contributed by atoms with E-state index in [0.717, 1.165) is 0 Å². The smallest absolute Gasteiger partial charge is 0.270 e. The van der Waals surface area contributed by atoms with E-state index in [1.54, 1.807) is 48.5 Å². The first-order chi connectivity index (χ1) is 17.4. The normalized spacial score (nSPS) is 14.9. The number of ether oxygens (including phenoxy) is 2. The fraction of sp³-hybridized carbons (Fsp3) is 0.167. The number of pyridine rings is 1. The summed E-state index contributed by atoms with van der Waals surface area (Å²) in [5.74, 6) is 0.932. The van der Waals surface area contributed by atoms with Crippen LogP contribution in [0.15, 0.2) is 53.5 Å². The Labute approximate surface area is 203 Å². The molecule has 3 aromatic heterocycles. The molecule has 2 aromatic carbocycles. The summed E-state index contributed by atoms with van der Waals surface area (Å²) in [6, 6.07) is 11.2. The van der Waals surface area contributed by atoms with Crippen LogP contribution in [0.2, 0.25) is 0 Å². The molecule has 1 aliphatic rings. The summed E-state index contributed by atoms with van der Waals surface area (Å²) in [4.78, 5) is 24.4. The number of nitrogens with zero attached hydrogens (tertiary/aromatic N) is 5. The fourth-order valence-electron chi connectivity index (χ4n) is 4.33. The van der Waals surface area contributed by atoms with Gasteiger partial charge in [0, 0.05) is 25.0 Å². The summed E-state index contributed by atoms with van der Waals surface area (Å²) in [7, 11) is 1.79. The molecule has 1 aliphatic heterocycles. The highest BCUT2D eigenvalue weighted by Crippen LogP contribution is 2.33. The molecule has 11 nitrogen and oxygen atoms in total.